The molecule has 1 fully saturated rings. The van der Waals surface area contributed by atoms with E-state index in [1.165, 1.54) is 13.8 Å². The summed E-state index contributed by atoms with van der Waals surface area (Å²) in [6.07, 6.45) is 3.68. The molecular formula is C33H52N7O19P3S. The summed E-state index contributed by atoms with van der Waals surface area (Å²) in [7, 11) is -16.4. The molecule has 7 atom stereocenters. The molecule has 0 radical (unpaired) electrons. The number of nitrogens with one attached hydrogen (secondary N) is 2. The van der Waals surface area contributed by atoms with Gasteiger partial charge in [0.15, 0.2) is 22.8 Å². The Hall–Kier alpha value is -3.49. The second-order valence-corrected chi connectivity index (χ2v) is 19.7. The number of nitrogen functional groups attached to an aromatic ring is 1. The summed E-state index contributed by atoms with van der Waals surface area (Å²) in [6.45, 7) is 0.412. The SMILES string of the molecule is CC(C)(COP(=O)(O)OP(=O)(O)OCC1OC(n2cnc3c(N)ncnc32)C(O)C1OP(=O)(O)O)C(O)C(=O)NCCC(=O)NCCSC(=O)CCC/C=C/CCC/C=C/C(=O)O. The Morgan fingerprint density at radius 1 is 0.968 bits per heavy atom. The van der Waals surface area contributed by atoms with Crippen molar-refractivity contribution in [2.24, 2.45) is 5.41 Å². The molecule has 0 aromatic carbocycles. The fraction of sp³-hybridized carbons (Fsp3) is 0.606. The van der Waals surface area contributed by atoms with Gasteiger partial charge in [-0.2, -0.15) is 4.31 Å². The topological polar surface area (TPSA) is 401 Å². The molecule has 0 aliphatic carbocycles. The van der Waals surface area contributed by atoms with E-state index in [9.17, 15) is 62.7 Å². The van der Waals surface area contributed by atoms with E-state index in [1.807, 2.05) is 12.2 Å². The zero-order valence-electron chi connectivity index (χ0n) is 34.0. The molecule has 2 amide bonds. The molecule has 0 spiro atoms. The van der Waals surface area contributed by atoms with Crippen LogP contribution in [0.1, 0.15) is 65.0 Å². The highest BCUT2D eigenvalue weighted by Crippen LogP contribution is 2.61. The fourth-order valence-corrected chi connectivity index (χ4v) is 9.05. The number of rotatable bonds is 28. The number of imidazole rings is 1. The number of aliphatic hydroxyl groups is 2. The van der Waals surface area contributed by atoms with E-state index in [1.54, 1.807) is 6.08 Å². The predicted octanol–water partition coefficient (Wildman–Crippen LogP) is 1.20. The largest absolute Gasteiger partial charge is 0.481 e. The third-order valence-corrected chi connectivity index (χ3v) is 12.7. The van der Waals surface area contributed by atoms with Gasteiger partial charge in [-0.3, -0.25) is 32.5 Å². The zero-order valence-corrected chi connectivity index (χ0v) is 37.5. The van der Waals surface area contributed by atoms with Gasteiger partial charge in [0, 0.05) is 43.2 Å². The lowest BCUT2D eigenvalue weighted by Crippen LogP contribution is -2.46. The summed E-state index contributed by atoms with van der Waals surface area (Å²) >= 11 is 1.07. The molecule has 26 nitrogen and oxygen atoms in total. The van der Waals surface area contributed by atoms with Crippen molar-refractivity contribution < 1.29 is 90.4 Å². The Bertz CT molecular complexity index is 2090. The van der Waals surface area contributed by atoms with Crippen LogP contribution in [0.15, 0.2) is 37.0 Å². The number of unbranched alkanes of at least 4 members (excludes halogenated alkanes) is 3. The van der Waals surface area contributed by atoms with Crippen LogP contribution < -0.4 is 16.4 Å². The number of amides is 2. The number of phosphoric acid groups is 3. The number of carbonyl (C=O) groups is 4. The summed E-state index contributed by atoms with van der Waals surface area (Å²) in [6, 6.07) is 0. The normalized spacial score (nSPS) is 20.8. The number of aliphatic carboxylic acids is 1. The Balaban J connectivity index is 1.37. The minimum absolute atomic E-state index is 0.0239. The minimum Gasteiger partial charge on any atom is -0.478 e. The van der Waals surface area contributed by atoms with Gasteiger partial charge in [0.25, 0.3) is 0 Å². The van der Waals surface area contributed by atoms with Crippen molar-refractivity contribution in [1.29, 1.82) is 0 Å². The average molecular weight is 976 g/mol. The molecule has 0 saturated carbocycles. The Labute approximate surface area is 364 Å². The maximum atomic E-state index is 12.7. The summed E-state index contributed by atoms with van der Waals surface area (Å²) in [5, 5.41) is 34.9. The van der Waals surface area contributed by atoms with Crippen LogP contribution in [0.2, 0.25) is 0 Å². The summed E-state index contributed by atoms with van der Waals surface area (Å²) in [4.78, 5) is 98.4. The van der Waals surface area contributed by atoms with Gasteiger partial charge in [-0.25, -0.2) is 33.4 Å². The van der Waals surface area contributed by atoms with E-state index >= 15 is 0 Å². The molecule has 3 rings (SSSR count). The molecule has 1 aliphatic heterocycles. The first kappa shape index (κ1) is 53.8. The quantitative estimate of drug-likeness (QED) is 0.0248. The van der Waals surface area contributed by atoms with Crippen LogP contribution in [-0.4, -0.2) is 134 Å². The maximum absolute atomic E-state index is 12.7. The lowest BCUT2D eigenvalue weighted by Gasteiger charge is -2.30. The van der Waals surface area contributed by atoms with Gasteiger partial charge in [-0.05, 0) is 32.1 Å². The second kappa shape index (κ2) is 24.7. The van der Waals surface area contributed by atoms with Crippen LogP contribution in [0.5, 0.6) is 0 Å². The number of ether oxygens (including phenoxy) is 1. The Morgan fingerprint density at radius 3 is 2.32 bits per heavy atom. The number of nitrogens with zero attached hydrogens (tertiary/aromatic N) is 4. The van der Waals surface area contributed by atoms with Crippen molar-refractivity contribution in [2.75, 3.05) is 37.8 Å². The van der Waals surface area contributed by atoms with Crippen molar-refractivity contribution >= 4 is 75.1 Å². The third-order valence-electron chi connectivity index (χ3n) is 8.69. The number of aliphatic hydroxyl groups excluding tert-OH is 2. The summed E-state index contributed by atoms with van der Waals surface area (Å²) in [5.74, 6) is -2.15. The van der Waals surface area contributed by atoms with E-state index in [4.69, 9.17) is 24.6 Å². The van der Waals surface area contributed by atoms with Crippen molar-refractivity contribution in [1.82, 2.24) is 30.2 Å². The number of phosphoric ester groups is 3. The third kappa shape index (κ3) is 18.9. The predicted molar refractivity (Wildman–Crippen MR) is 221 cm³/mol. The highest BCUT2D eigenvalue weighted by atomic mass is 32.2. The second-order valence-electron chi connectivity index (χ2n) is 14.3. The maximum Gasteiger partial charge on any atom is 0.481 e. The molecule has 3 heterocycles. The van der Waals surface area contributed by atoms with Gasteiger partial charge >= 0.3 is 29.4 Å². The molecular weight excluding hydrogens is 923 g/mol. The van der Waals surface area contributed by atoms with Crippen LogP contribution >= 0.6 is 35.2 Å². The van der Waals surface area contributed by atoms with E-state index in [0.29, 0.717) is 25.0 Å². The van der Waals surface area contributed by atoms with Crippen LogP contribution in [0.3, 0.4) is 0 Å². The average Bonchev–Trinajstić information content (AvgIpc) is 3.75. The number of thioether (sulfide) groups is 1. The van der Waals surface area contributed by atoms with Gasteiger partial charge < -0.3 is 56.0 Å². The van der Waals surface area contributed by atoms with Crippen LogP contribution in [0.4, 0.5) is 5.82 Å². The number of allylic oxidation sites excluding steroid dienone is 3. The molecule has 354 valence electrons. The first-order valence-electron chi connectivity index (χ1n) is 19.0. The number of carbonyl (C=O) groups excluding carboxylic acids is 3. The fourth-order valence-electron chi connectivity index (χ4n) is 5.50. The number of anilines is 1. The van der Waals surface area contributed by atoms with Crippen molar-refractivity contribution in [3.63, 3.8) is 0 Å². The van der Waals surface area contributed by atoms with Gasteiger partial charge in [0.05, 0.1) is 19.5 Å². The lowest BCUT2D eigenvalue weighted by molar-refractivity contribution is -0.137. The molecule has 1 aliphatic rings. The van der Waals surface area contributed by atoms with Crippen molar-refractivity contribution in [3.8, 4) is 0 Å². The number of carboxylic acids is 1. The number of nitrogens with two attached hydrogens (primary N) is 1. The van der Waals surface area contributed by atoms with Gasteiger partial charge in [0.1, 0.15) is 36.3 Å². The van der Waals surface area contributed by atoms with Crippen LogP contribution in [0.25, 0.3) is 11.2 Å². The molecule has 63 heavy (non-hydrogen) atoms. The Morgan fingerprint density at radius 2 is 1.63 bits per heavy atom. The molecule has 2 aromatic heterocycles. The standard InChI is InChI=1S/C33H52N7O19P3S/c1-33(2,28(46)31(47)36-14-13-22(41)35-15-16-63-24(44)12-10-8-6-4-3-5-7-9-11-23(42)43)18-56-62(53,54)59-61(51,52)55-17-21-27(58-60(48,49)50)26(45)32(57-21)40-20-39-25-29(34)37-19-38-30(25)40/h4,6,9,11,19-21,26-28,32,45-46H,3,5,7-8,10,12-18H2,1-2H3,(H,35,41)(H,36,47)(H,42,43)(H,51,52)(H,53,54)(H2,34,37,38)(H2,48,49,50)/b6-4+,11-9+. The van der Waals surface area contributed by atoms with Crippen LogP contribution in [-0.2, 0) is 55.5 Å². The minimum atomic E-state index is -5.59. The number of hydrogen-bond donors (Lipinski definition) is 10. The van der Waals surface area contributed by atoms with Crippen LogP contribution in [0, 0.1) is 5.41 Å². The number of fused-ring (bicyclic) bond motifs is 1. The lowest BCUT2D eigenvalue weighted by atomic mass is 9.87. The highest BCUT2D eigenvalue weighted by molar-refractivity contribution is 8.13. The number of aromatic nitrogens is 4. The smallest absolute Gasteiger partial charge is 0.478 e. The van der Waals surface area contributed by atoms with Gasteiger partial charge in [-0.15, -0.1) is 0 Å². The summed E-state index contributed by atoms with van der Waals surface area (Å²) in [5.41, 5.74) is 4.24. The van der Waals surface area contributed by atoms with Gasteiger partial charge in [-0.1, -0.05) is 43.8 Å². The zero-order chi connectivity index (χ0) is 47.0. The van der Waals surface area contributed by atoms with E-state index in [-0.39, 0.29) is 41.6 Å². The number of carboxylic acid groups (broad SMARTS) is 1. The number of hydrogen-bond acceptors (Lipinski definition) is 19. The first-order chi connectivity index (χ1) is 29.4. The summed E-state index contributed by atoms with van der Waals surface area (Å²) < 4.78 is 62.2. The molecule has 1 saturated heterocycles. The van der Waals surface area contributed by atoms with Gasteiger partial charge in [0.2, 0.25) is 11.8 Å². The van der Waals surface area contributed by atoms with E-state index in [0.717, 1.165) is 54.3 Å². The molecule has 2 aromatic rings. The van der Waals surface area contributed by atoms with E-state index in [2.05, 4.69) is 34.4 Å². The molecule has 0 bridgehead atoms. The van der Waals surface area contributed by atoms with E-state index < -0.39 is 90.5 Å². The molecule has 11 N–H and O–H groups in total. The monoisotopic (exact) mass is 975 g/mol. The Kier molecular flexibility index (Phi) is 21.1. The first-order valence-corrected chi connectivity index (χ1v) is 24.5. The van der Waals surface area contributed by atoms with Crippen molar-refractivity contribution in [3.05, 3.63) is 37.0 Å². The highest BCUT2D eigenvalue weighted by Gasteiger charge is 2.50. The molecule has 7 unspecified atom stereocenters. The molecule has 30 heteroatoms. The van der Waals surface area contributed by atoms with Crippen molar-refractivity contribution in [2.45, 2.75) is 89.4 Å².